The summed E-state index contributed by atoms with van der Waals surface area (Å²) >= 11 is 11.2. The average Bonchev–Trinajstić information content (AvgIpc) is 2.77. The van der Waals surface area contributed by atoms with E-state index >= 15 is 0 Å². The van der Waals surface area contributed by atoms with E-state index in [9.17, 15) is 26.3 Å². The first-order valence-electron chi connectivity index (χ1n) is 10.8. The Labute approximate surface area is 210 Å². The van der Waals surface area contributed by atoms with Crippen molar-refractivity contribution in [3.63, 3.8) is 0 Å². The molecule has 3 nitrogen and oxygen atoms in total. The minimum atomic E-state index is -4.93. The molecule has 0 aromatic heterocycles. The van der Waals surface area contributed by atoms with Gasteiger partial charge in [-0.15, -0.1) is 0 Å². The van der Waals surface area contributed by atoms with E-state index in [1.165, 1.54) is 6.08 Å². The molecule has 2 aromatic rings. The van der Waals surface area contributed by atoms with Gasteiger partial charge in [0.15, 0.2) is 0 Å². The van der Waals surface area contributed by atoms with Crippen LogP contribution in [0.15, 0.2) is 40.9 Å². The minimum Gasteiger partial charge on any atom is -0.493 e. The third-order valence-electron chi connectivity index (χ3n) is 5.00. The Morgan fingerprint density at radius 2 is 1.54 bits per heavy atom. The van der Waals surface area contributed by atoms with Gasteiger partial charge in [-0.3, -0.25) is 0 Å². The molecule has 0 aliphatic rings. The fourth-order valence-electron chi connectivity index (χ4n) is 3.30. The van der Waals surface area contributed by atoms with Gasteiger partial charge in [0.2, 0.25) is 0 Å². The van der Waals surface area contributed by atoms with Gasteiger partial charge in [0.05, 0.1) is 17.7 Å². The zero-order valence-electron chi connectivity index (χ0n) is 19.0. The minimum absolute atomic E-state index is 0.0735. The Morgan fingerprint density at radius 1 is 0.914 bits per heavy atom. The summed E-state index contributed by atoms with van der Waals surface area (Å²) in [5, 5.41) is 2.57. The Bertz CT molecular complexity index is 993. The molecule has 11 heteroatoms. The van der Waals surface area contributed by atoms with Gasteiger partial charge < -0.3 is 14.8 Å². The molecule has 0 radical (unpaired) electrons. The average molecular weight is 544 g/mol. The number of nitrogens with one attached hydrogen (secondary N) is 1. The summed E-state index contributed by atoms with van der Waals surface area (Å²) in [5.41, 5.74) is -1.34. The van der Waals surface area contributed by atoms with Crippen molar-refractivity contribution in [3.8, 4) is 11.5 Å². The molecule has 0 heterocycles. The van der Waals surface area contributed by atoms with Crippen molar-refractivity contribution in [2.45, 2.75) is 45.5 Å². The molecule has 0 unspecified atom stereocenters. The summed E-state index contributed by atoms with van der Waals surface area (Å²) in [6.45, 7) is 4.37. The molecule has 2 aromatic carbocycles. The van der Waals surface area contributed by atoms with Crippen molar-refractivity contribution >= 4 is 28.9 Å². The third kappa shape index (κ3) is 8.72. The van der Waals surface area contributed by atoms with Gasteiger partial charge in [0.25, 0.3) is 0 Å². The molecule has 2 rings (SSSR count). The molecule has 0 amide bonds. The van der Waals surface area contributed by atoms with Crippen LogP contribution in [0.5, 0.6) is 11.5 Å². The monoisotopic (exact) mass is 543 g/mol. The quantitative estimate of drug-likeness (QED) is 0.228. The lowest BCUT2D eigenvalue weighted by Crippen LogP contribution is -2.15. The molecule has 0 saturated heterocycles. The van der Waals surface area contributed by atoms with Crippen molar-refractivity contribution in [2.75, 3.05) is 25.1 Å². The first-order valence-corrected chi connectivity index (χ1v) is 11.6. The molecule has 0 spiro atoms. The molecule has 0 atom stereocenters. The zero-order valence-corrected chi connectivity index (χ0v) is 20.6. The van der Waals surface area contributed by atoms with Gasteiger partial charge >= 0.3 is 12.4 Å². The van der Waals surface area contributed by atoms with Crippen molar-refractivity contribution < 1.29 is 35.8 Å². The van der Waals surface area contributed by atoms with Crippen LogP contribution in [-0.4, -0.2) is 19.8 Å². The van der Waals surface area contributed by atoms with Crippen LogP contribution in [0.4, 0.5) is 32.0 Å². The Hall–Kier alpha value is -2.26. The molecule has 1 N–H and O–H groups in total. The highest BCUT2D eigenvalue weighted by Gasteiger charge is 2.38. The van der Waals surface area contributed by atoms with Gasteiger partial charge in [0.1, 0.15) is 22.6 Å². The second kappa shape index (κ2) is 12.6. The lowest BCUT2D eigenvalue weighted by atomic mass is 10.0. The van der Waals surface area contributed by atoms with Crippen LogP contribution in [0.3, 0.4) is 0 Å². The lowest BCUT2D eigenvalue weighted by Gasteiger charge is -2.18. The molecule has 35 heavy (non-hydrogen) atoms. The van der Waals surface area contributed by atoms with E-state index < -0.39 is 29.2 Å². The molecule has 194 valence electrons. The Balaban J connectivity index is 2.04. The maximum Gasteiger partial charge on any atom is 0.418 e. The summed E-state index contributed by atoms with van der Waals surface area (Å²) < 4.78 is 89.9. The van der Waals surface area contributed by atoms with Crippen molar-refractivity contribution in [1.82, 2.24) is 0 Å². The van der Waals surface area contributed by atoms with Crippen LogP contribution >= 0.6 is 23.2 Å². The Morgan fingerprint density at radius 3 is 2.06 bits per heavy atom. The Kier molecular flexibility index (Phi) is 10.5. The zero-order chi connectivity index (χ0) is 26.2. The number of halogens is 8. The summed E-state index contributed by atoms with van der Waals surface area (Å²) in [5.74, 6) is 1.30. The third-order valence-corrected chi connectivity index (χ3v) is 5.31. The fourth-order valence-corrected chi connectivity index (χ4v) is 3.42. The molecule has 0 fully saturated rings. The fraction of sp³-hybridized carbons (Fsp3) is 0.417. The largest absolute Gasteiger partial charge is 0.493 e. The number of rotatable bonds is 11. The number of alkyl halides is 6. The van der Waals surface area contributed by atoms with Crippen LogP contribution in [0.25, 0.3) is 0 Å². The van der Waals surface area contributed by atoms with Gasteiger partial charge in [-0.1, -0.05) is 37.0 Å². The van der Waals surface area contributed by atoms with Crippen LogP contribution in [0, 0.1) is 0 Å². The standard InChI is InChI=1S/C24H25Cl2F6NO2/c1-3-15-12-18(34-11-8-21(25)26)13-16(4-2)22(15)35-10-5-9-33-20-7-6-17(23(27,28)29)14-19(20)24(30,31)32/h6-8,12-14,33H,3-5,9-11H2,1-2H3. The molecule has 0 aliphatic heterocycles. The van der Waals surface area contributed by atoms with E-state index in [2.05, 4.69) is 5.32 Å². The molecular weight excluding hydrogens is 519 g/mol. The second-order valence-corrected chi connectivity index (χ2v) is 8.48. The molecule has 0 aliphatic carbocycles. The van der Waals surface area contributed by atoms with Gasteiger partial charge in [-0.25, -0.2) is 0 Å². The number of hydrogen-bond donors (Lipinski definition) is 1. The number of hydrogen-bond acceptors (Lipinski definition) is 3. The number of anilines is 1. The summed E-state index contributed by atoms with van der Waals surface area (Å²) in [7, 11) is 0. The highest BCUT2D eigenvalue weighted by atomic mass is 35.5. The summed E-state index contributed by atoms with van der Waals surface area (Å²) in [6.07, 6.45) is -6.65. The number of aryl methyl sites for hydroxylation is 2. The summed E-state index contributed by atoms with van der Waals surface area (Å²) in [4.78, 5) is 0. The van der Waals surface area contributed by atoms with E-state index in [1.54, 1.807) is 0 Å². The second-order valence-electron chi connectivity index (χ2n) is 7.47. The van der Waals surface area contributed by atoms with Crippen LogP contribution in [0.2, 0.25) is 0 Å². The maximum atomic E-state index is 13.3. The maximum absolute atomic E-state index is 13.3. The first-order chi connectivity index (χ1) is 16.4. The van der Waals surface area contributed by atoms with Crippen molar-refractivity contribution in [2.24, 2.45) is 0 Å². The van der Waals surface area contributed by atoms with E-state index in [0.29, 0.717) is 36.8 Å². The van der Waals surface area contributed by atoms with Crippen molar-refractivity contribution in [3.05, 3.63) is 63.2 Å². The SMILES string of the molecule is CCc1cc(OCC=C(Cl)Cl)cc(CC)c1OCCCNc1ccc(C(F)(F)F)cc1C(F)(F)F. The van der Waals surface area contributed by atoms with Gasteiger partial charge in [0, 0.05) is 12.2 Å². The lowest BCUT2D eigenvalue weighted by molar-refractivity contribution is -0.142. The highest BCUT2D eigenvalue weighted by molar-refractivity contribution is 6.55. The van der Waals surface area contributed by atoms with Gasteiger partial charge in [-0.05, 0) is 66.8 Å². The topological polar surface area (TPSA) is 30.5 Å². The van der Waals surface area contributed by atoms with E-state index in [-0.39, 0.29) is 30.3 Å². The molecule has 0 bridgehead atoms. The summed E-state index contributed by atoms with van der Waals surface area (Å²) in [6, 6.07) is 5.19. The smallest absolute Gasteiger partial charge is 0.418 e. The van der Waals surface area contributed by atoms with E-state index in [4.69, 9.17) is 32.7 Å². The van der Waals surface area contributed by atoms with Crippen LogP contribution in [-0.2, 0) is 25.2 Å². The van der Waals surface area contributed by atoms with Crippen molar-refractivity contribution in [1.29, 1.82) is 0 Å². The van der Waals surface area contributed by atoms with E-state index in [1.807, 2.05) is 26.0 Å². The van der Waals surface area contributed by atoms with Gasteiger partial charge in [-0.2, -0.15) is 26.3 Å². The van der Waals surface area contributed by atoms with Crippen LogP contribution in [0.1, 0.15) is 42.5 Å². The normalized spacial score (nSPS) is 11.8. The van der Waals surface area contributed by atoms with E-state index in [0.717, 1.165) is 17.2 Å². The molecular formula is C24H25Cl2F6NO2. The predicted molar refractivity (Wildman–Crippen MR) is 126 cm³/mol. The number of benzene rings is 2. The predicted octanol–water partition coefficient (Wildman–Crippen LogP) is 8.43. The number of ether oxygens (including phenoxy) is 2. The van der Waals surface area contributed by atoms with Crippen LogP contribution < -0.4 is 14.8 Å². The molecule has 0 saturated carbocycles. The first kappa shape index (κ1) is 29.0. The highest BCUT2D eigenvalue weighted by Crippen LogP contribution is 2.39.